The maximum atomic E-state index is 11.6. The lowest BCUT2D eigenvalue weighted by molar-refractivity contribution is -0.122. The summed E-state index contributed by atoms with van der Waals surface area (Å²) in [5.74, 6) is 0.580. The molecule has 0 bridgehead atoms. The molecule has 0 saturated heterocycles. The van der Waals surface area contributed by atoms with Crippen molar-refractivity contribution < 1.29 is 4.79 Å². The molecule has 4 N–H and O–H groups in total. The Morgan fingerprint density at radius 3 is 2.53 bits per heavy atom. The van der Waals surface area contributed by atoms with Crippen LogP contribution in [0.1, 0.15) is 32.9 Å². The van der Waals surface area contributed by atoms with Crippen LogP contribution >= 0.6 is 12.2 Å². The largest absolute Gasteiger partial charge is 0.388 e. The Balaban J connectivity index is 2.37. The van der Waals surface area contributed by atoms with Gasteiger partial charge in [0.25, 0.3) is 0 Å². The molecule has 19 heavy (non-hydrogen) atoms. The zero-order valence-corrected chi connectivity index (χ0v) is 12.2. The maximum Gasteiger partial charge on any atom is 0.222 e. The molecular formula is C12H19N5OS. The van der Waals surface area contributed by atoms with E-state index >= 15 is 0 Å². The number of nitrogens with zero attached hydrogens (tertiary/aromatic N) is 2. The average Bonchev–Trinajstić information content (AvgIpc) is 2.27. The highest BCUT2D eigenvalue weighted by molar-refractivity contribution is 7.80. The van der Waals surface area contributed by atoms with Gasteiger partial charge in [-0.2, -0.15) is 0 Å². The Morgan fingerprint density at radius 2 is 2.05 bits per heavy atom. The number of nitrogens with one attached hydrogen (secondary N) is 2. The van der Waals surface area contributed by atoms with Crippen LogP contribution in [-0.2, 0) is 4.79 Å². The maximum absolute atomic E-state index is 11.6. The average molecular weight is 281 g/mol. The SMILES string of the molecule is CC(C)(C)NC(=O)CCNc1cnc(C(N)=S)cn1. The molecule has 0 aliphatic rings. The Bertz CT molecular complexity index is 452. The standard InChI is InChI=1S/C12H19N5OS/c1-12(2,3)17-10(18)4-5-14-9-7-15-8(6-16-9)11(13)19/h6-7H,4-5H2,1-3H3,(H2,13,19)(H,14,16)(H,17,18). The van der Waals surface area contributed by atoms with Crippen LogP contribution in [0.2, 0.25) is 0 Å². The lowest BCUT2D eigenvalue weighted by atomic mass is 10.1. The molecule has 0 aliphatic carbocycles. The summed E-state index contributed by atoms with van der Waals surface area (Å²) in [4.78, 5) is 19.9. The smallest absolute Gasteiger partial charge is 0.222 e. The van der Waals surface area contributed by atoms with Gasteiger partial charge >= 0.3 is 0 Å². The lowest BCUT2D eigenvalue weighted by Gasteiger charge is -2.20. The van der Waals surface area contributed by atoms with E-state index < -0.39 is 0 Å². The number of hydrogen-bond acceptors (Lipinski definition) is 5. The molecule has 0 aliphatic heterocycles. The van der Waals surface area contributed by atoms with Crippen molar-refractivity contribution in [3.63, 3.8) is 0 Å². The zero-order chi connectivity index (χ0) is 14.5. The number of aromatic nitrogens is 2. The minimum Gasteiger partial charge on any atom is -0.388 e. The first-order valence-electron chi connectivity index (χ1n) is 5.94. The van der Waals surface area contributed by atoms with Gasteiger partial charge in [-0.05, 0) is 20.8 Å². The van der Waals surface area contributed by atoms with E-state index in [1.165, 1.54) is 12.4 Å². The summed E-state index contributed by atoms with van der Waals surface area (Å²) in [5.41, 5.74) is 5.68. The van der Waals surface area contributed by atoms with Gasteiger partial charge in [-0.3, -0.25) is 4.79 Å². The summed E-state index contributed by atoms with van der Waals surface area (Å²) in [6.07, 6.45) is 3.41. The molecule has 0 atom stereocenters. The van der Waals surface area contributed by atoms with Crippen molar-refractivity contribution in [2.24, 2.45) is 5.73 Å². The molecule has 1 heterocycles. The quantitative estimate of drug-likeness (QED) is 0.692. The number of nitrogens with two attached hydrogens (primary N) is 1. The Hall–Kier alpha value is -1.76. The molecular weight excluding hydrogens is 262 g/mol. The molecule has 7 heteroatoms. The van der Waals surface area contributed by atoms with Crippen LogP contribution in [-0.4, -0.2) is 32.9 Å². The fourth-order valence-corrected chi connectivity index (χ4v) is 1.44. The molecule has 0 spiro atoms. The third kappa shape index (κ3) is 6.10. The van der Waals surface area contributed by atoms with Crippen LogP contribution in [0.4, 0.5) is 5.82 Å². The van der Waals surface area contributed by atoms with Crippen LogP contribution in [0.15, 0.2) is 12.4 Å². The molecule has 0 aromatic carbocycles. The molecule has 0 radical (unpaired) electrons. The fraction of sp³-hybridized carbons (Fsp3) is 0.500. The van der Waals surface area contributed by atoms with Crippen LogP contribution in [0.25, 0.3) is 0 Å². The van der Waals surface area contributed by atoms with Crippen LogP contribution < -0.4 is 16.4 Å². The molecule has 0 fully saturated rings. The van der Waals surface area contributed by atoms with Gasteiger partial charge in [0.1, 0.15) is 16.5 Å². The minimum absolute atomic E-state index is 0.00675. The van der Waals surface area contributed by atoms with E-state index in [1.54, 1.807) is 0 Å². The molecule has 0 unspecified atom stereocenters. The summed E-state index contributed by atoms with van der Waals surface area (Å²) in [6, 6.07) is 0. The Labute approximate surface area is 118 Å². The van der Waals surface area contributed by atoms with Crippen LogP contribution in [0, 0.1) is 0 Å². The number of carbonyl (C=O) groups excluding carboxylic acids is 1. The third-order valence-electron chi connectivity index (χ3n) is 2.08. The molecule has 1 aromatic rings. The number of carbonyl (C=O) groups is 1. The van der Waals surface area contributed by atoms with Gasteiger partial charge in [-0.15, -0.1) is 0 Å². The highest BCUT2D eigenvalue weighted by atomic mass is 32.1. The minimum atomic E-state index is -0.213. The van der Waals surface area contributed by atoms with Crippen molar-refractivity contribution in [1.82, 2.24) is 15.3 Å². The van der Waals surface area contributed by atoms with Crippen molar-refractivity contribution >= 4 is 28.9 Å². The van der Waals surface area contributed by atoms with Gasteiger partial charge in [-0.1, -0.05) is 12.2 Å². The van der Waals surface area contributed by atoms with E-state index in [0.29, 0.717) is 24.5 Å². The predicted octanol–water partition coefficient (Wildman–Crippen LogP) is 0.827. The van der Waals surface area contributed by atoms with E-state index in [2.05, 4.69) is 20.6 Å². The van der Waals surface area contributed by atoms with Crippen LogP contribution in [0.3, 0.4) is 0 Å². The van der Waals surface area contributed by atoms with Gasteiger partial charge in [0.15, 0.2) is 0 Å². The zero-order valence-electron chi connectivity index (χ0n) is 11.4. The van der Waals surface area contributed by atoms with E-state index in [-0.39, 0.29) is 16.4 Å². The van der Waals surface area contributed by atoms with Crippen LogP contribution in [0.5, 0.6) is 0 Å². The Kier molecular flexibility index (Phi) is 5.17. The predicted molar refractivity (Wildman–Crippen MR) is 78.9 cm³/mol. The first-order chi connectivity index (χ1) is 8.78. The first-order valence-corrected chi connectivity index (χ1v) is 6.35. The highest BCUT2D eigenvalue weighted by Gasteiger charge is 2.12. The second kappa shape index (κ2) is 6.42. The molecule has 6 nitrogen and oxygen atoms in total. The molecule has 104 valence electrons. The number of rotatable bonds is 5. The Morgan fingerprint density at radius 1 is 1.37 bits per heavy atom. The summed E-state index contributed by atoms with van der Waals surface area (Å²) >= 11 is 4.78. The van der Waals surface area contributed by atoms with Crippen molar-refractivity contribution in [2.75, 3.05) is 11.9 Å². The summed E-state index contributed by atoms with van der Waals surface area (Å²) in [6.45, 7) is 6.32. The summed E-state index contributed by atoms with van der Waals surface area (Å²) in [5, 5.41) is 5.89. The normalized spacial score (nSPS) is 10.9. The van der Waals surface area contributed by atoms with Gasteiger partial charge < -0.3 is 16.4 Å². The lowest BCUT2D eigenvalue weighted by Crippen LogP contribution is -2.41. The van der Waals surface area contributed by atoms with Crippen molar-refractivity contribution in [3.8, 4) is 0 Å². The van der Waals surface area contributed by atoms with E-state index in [0.717, 1.165) is 0 Å². The third-order valence-corrected chi connectivity index (χ3v) is 2.29. The summed E-state index contributed by atoms with van der Waals surface area (Å²) < 4.78 is 0. The van der Waals surface area contributed by atoms with Crippen molar-refractivity contribution in [1.29, 1.82) is 0 Å². The molecule has 0 saturated carbocycles. The topological polar surface area (TPSA) is 92.9 Å². The second-order valence-corrected chi connectivity index (χ2v) is 5.57. The second-order valence-electron chi connectivity index (χ2n) is 5.13. The van der Waals surface area contributed by atoms with Crippen molar-refractivity contribution in [3.05, 3.63) is 18.1 Å². The van der Waals surface area contributed by atoms with Gasteiger partial charge in [0.05, 0.1) is 12.4 Å². The fourth-order valence-electron chi connectivity index (χ4n) is 1.33. The summed E-state index contributed by atoms with van der Waals surface area (Å²) in [7, 11) is 0. The van der Waals surface area contributed by atoms with Gasteiger partial charge in [0, 0.05) is 18.5 Å². The van der Waals surface area contributed by atoms with E-state index in [4.69, 9.17) is 18.0 Å². The monoisotopic (exact) mass is 281 g/mol. The molecule has 1 rings (SSSR count). The van der Waals surface area contributed by atoms with Gasteiger partial charge in [-0.25, -0.2) is 9.97 Å². The first kappa shape index (κ1) is 15.3. The van der Waals surface area contributed by atoms with Crippen molar-refractivity contribution in [2.45, 2.75) is 32.7 Å². The van der Waals surface area contributed by atoms with E-state index in [9.17, 15) is 4.79 Å². The highest BCUT2D eigenvalue weighted by Crippen LogP contribution is 2.02. The molecule has 1 amide bonds. The van der Waals surface area contributed by atoms with Gasteiger partial charge in [0.2, 0.25) is 5.91 Å². The molecule has 1 aromatic heterocycles. The van der Waals surface area contributed by atoms with E-state index in [1.807, 2.05) is 20.8 Å². The number of anilines is 1. The number of amides is 1. The number of hydrogen-bond donors (Lipinski definition) is 3. The number of thiocarbonyl (C=S) groups is 1.